The van der Waals surface area contributed by atoms with Crippen molar-refractivity contribution in [1.29, 1.82) is 5.26 Å². The second kappa shape index (κ2) is 9.11. The van der Waals surface area contributed by atoms with Gasteiger partial charge in [0.1, 0.15) is 17.3 Å². The van der Waals surface area contributed by atoms with Gasteiger partial charge in [0.25, 0.3) is 0 Å². The van der Waals surface area contributed by atoms with Crippen LogP contribution in [0.3, 0.4) is 0 Å². The molecule has 7 heteroatoms. The van der Waals surface area contributed by atoms with Crippen LogP contribution in [-0.4, -0.2) is 34.6 Å². The van der Waals surface area contributed by atoms with Crippen LogP contribution in [0, 0.1) is 11.3 Å². The number of nitrogens with one attached hydrogen (secondary N) is 1. The van der Waals surface area contributed by atoms with Gasteiger partial charge in [-0.15, -0.1) is 0 Å². The van der Waals surface area contributed by atoms with Crippen molar-refractivity contribution in [2.45, 2.75) is 44.7 Å². The number of anilines is 1. The Kier molecular flexibility index (Phi) is 6.10. The van der Waals surface area contributed by atoms with Crippen LogP contribution in [0.2, 0.25) is 0 Å². The first-order valence-electron chi connectivity index (χ1n) is 10.6. The number of nitrogens with two attached hydrogens (primary N) is 1. The van der Waals surface area contributed by atoms with Gasteiger partial charge in [-0.2, -0.15) is 5.26 Å². The van der Waals surface area contributed by atoms with Gasteiger partial charge in [-0.3, -0.25) is 4.98 Å². The zero-order valence-electron chi connectivity index (χ0n) is 17.5. The highest BCUT2D eigenvalue weighted by atomic mass is 16.5. The molecule has 4 rings (SSSR count). The number of esters is 1. The number of ether oxygens (including phenoxy) is 1. The van der Waals surface area contributed by atoms with Crippen LogP contribution in [0.1, 0.15) is 48.7 Å². The Morgan fingerprint density at radius 3 is 2.61 bits per heavy atom. The number of carbonyl (C=O) groups excluding carboxylic acids is 1. The summed E-state index contributed by atoms with van der Waals surface area (Å²) in [5.74, 6) is -0.391. The highest BCUT2D eigenvalue weighted by Crippen LogP contribution is 2.33. The first kappa shape index (κ1) is 20.8. The SMILES string of the molecule is CCOC(=O)c1cnc2ccc(-c3ccc(C#N)nc3)cc2c1N[C@H]1CC[C@H](N)CC1. The summed E-state index contributed by atoms with van der Waals surface area (Å²) in [5, 5.41) is 13.4. The van der Waals surface area contributed by atoms with Crippen molar-refractivity contribution in [3.8, 4) is 17.2 Å². The molecule has 1 aliphatic rings. The third-order valence-corrected chi connectivity index (χ3v) is 5.69. The van der Waals surface area contributed by atoms with E-state index in [4.69, 9.17) is 15.7 Å². The molecule has 0 saturated heterocycles. The maximum atomic E-state index is 12.7. The van der Waals surface area contributed by atoms with E-state index in [-0.39, 0.29) is 12.1 Å². The van der Waals surface area contributed by atoms with Gasteiger partial charge in [0.15, 0.2) is 0 Å². The van der Waals surface area contributed by atoms with Crippen LogP contribution in [0.15, 0.2) is 42.7 Å². The molecule has 2 heterocycles. The first-order chi connectivity index (χ1) is 15.1. The predicted octanol–water partition coefficient (Wildman–Crippen LogP) is 4.03. The van der Waals surface area contributed by atoms with Crippen molar-refractivity contribution in [3.63, 3.8) is 0 Å². The third kappa shape index (κ3) is 4.49. The number of fused-ring (bicyclic) bond motifs is 1. The molecule has 3 N–H and O–H groups in total. The lowest BCUT2D eigenvalue weighted by Crippen LogP contribution is -2.33. The molecule has 1 aromatic carbocycles. The molecule has 0 radical (unpaired) electrons. The molecule has 7 nitrogen and oxygen atoms in total. The topological polar surface area (TPSA) is 114 Å². The Balaban J connectivity index is 1.79. The van der Waals surface area contributed by atoms with E-state index < -0.39 is 5.97 Å². The number of rotatable bonds is 5. The van der Waals surface area contributed by atoms with Gasteiger partial charge in [0.2, 0.25) is 0 Å². The van der Waals surface area contributed by atoms with Crippen LogP contribution in [0.25, 0.3) is 22.0 Å². The number of hydrogen-bond donors (Lipinski definition) is 2. The lowest BCUT2D eigenvalue weighted by molar-refractivity contribution is 0.0527. The summed E-state index contributed by atoms with van der Waals surface area (Å²) in [7, 11) is 0. The van der Waals surface area contributed by atoms with Crippen molar-refractivity contribution in [2.24, 2.45) is 5.73 Å². The van der Waals surface area contributed by atoms with E-state index in [0.717, 1.165) is 53.4 Å². The standard InChI is InChI=1S/C24H25N5O2/c1-2-31-24(30)21-14-28-22-10-4-15(16-3-7-19(12-25)27-13-16)11-20(22)23(21)29-18-8-5-17(26)6-9-18/h3-4,7,10-11,13-14,17-18H,2,5-6,8-9,26H2,1H3,(H,28,29)/t17-,18-. The summed E-state index contributed by atoms with van der Waals surface area (Å²) in [6.07, 6.45) is 7.08. The fourth-order valence-electron chi connectivity index (χ4n) is 3.99. The number of hydrogen-bond acceptors (Lipinski definition) is 7. The minimum atomic E-state index is -0.391. The Bertz CT molecular complexity index is 1130. The summed E-state index contributed by atoms with van der Waals surface area (Å²) in [6.45, 7) is 2.09. The number of nitriles is 1. The van der Waals surface area contributed by atoms with Gasteiger partial charge in [-0.1, -0.05) is 6.07 Å². The average Bonchev–Trinajstić information content (AvgIpc) is 2.80. The monoisotopic (exact) mass is 415 g/mol. The molecule has 0 atom stereocenters. The minimum absolute atomic E-state index is 0.235. The molecule has 1 fully saturated rings. The van der Waals surface area contributed by atoms with E-state index in [1.807, 2.05) is 30.3 Å². The fourth-order valence-corrected chi connectivity index (χ4v) is 3.99. The van der Waals surface area contributed by atoms with Gasteiger partial charge in [-0.25, -0.2) is 9.78 Å². The van der Waals surface area contributed by atoms with Crippen molar-refractivity contribution in [2.75, 3.05) is 11.9 Å². The van der Waals surface area contributed by atoms with E-state index in [1.165, 1.54) is 0 Å². The van der Waals surface area contributed by atoms with Crippen LogP contribution in [0.4, 0.5) is 5.69 Å². The zero-order chi connectivity index (χ0) is 21.8. The maximum absolute atomic E-state index is 12.7. The Morgan fingerprint density at radius 1 is 1.16 bits per heavy atom. The van der Waals surface area contributed by atoms with Crippen molar-refractivity contribution in [1.82, 2.24) is 9.97 Å². The number of carbonyl (C=O) groups is 1. The molecule has 0 unspecified atom stereocenters. The van der Waals surface area contributed by atoms with E-state index in [2.05, 4.69) is 15.3 Å². The van der Waals surface area contributed by atoms with E-state index in [1.54, 1.807) is 25.4 Å². The molecule has 0 aliphatic heterocycles. The van der Waals surface area contributed by atoms with Gasteiger partial charge in [-0.05, 0) is 62.4 Å². The number of pyridine rings is 2. The van der Waals surface area contributed by atoms with Gasteiger partial charge in [0, 0.05) is 35.4 Å². The zero-order valence-corrected chi connectivity index (χ0v) is 17.5. The predicted molar refractivity (Wildman–Crippen MR) is 119 cm³/mol. The van der Waals surface area contributed by atoms with Gasteiger partial charge < -0.3 is 15.8 Å². The summed E-state index contributed by atoms with van der Waals surface area (Å²) in [5.41, 5.74) is 10.2. The lowest BCUT2D eigenvalue weighted by Gasteiger charge is -2.28. The highest BCUT2D eigenvalue weighted by molar-refractivity contribution is 6.06. The van der Waals surface area contributed by atoms with Crippen molar-refractivity contribution in [3.05, 3.63) is 54.0 Å². The smallest absolute Gasteiger partial charge is 0.341 e. The largest absolute Gasteiger partial charge is 0.462 e. The molecular weight excluding hydrogens is 390 g/mol. The number of benzene rings is 1. The van der Waals surface area contributed by atoms with Crippen molar-refractivity contribution < 1.29 is 9.53 Å². The molecular formula is C24H25N5O2. The highest BCUT2D eigenvalue weighted by Gasteiger charge is 2.23. The molecule has 1 aliphatic carbocycles. The molecule has 3 aromatic rings. The van der Waals surface area contributed by atoms with Crippen LogP contribution in [0.5, 0.6) is 0 Å². The average molecular weight is 415 g/mol. The molecule has 1 saturated carbocycles. The Hall–Kier alpha value is -3.50. The van der Waals surface area contributed by atoms with Crippen molar-refractivity contribution >= 4 is 22.6 Å². The Morgan fingerprint density at radius 2 is 1.94 bits per heavy atom. The molecule has 31 heavy (non-hydrogen) atoms. The molecule has 0 amide bonds. The van der Waals surface area contributed by atoms with Crippen LogP contribution < -0.4 is 11.1 Å². The van der Waals surface area contributed by atoms with E-state index in [9.17, 15) is 4.79 Å². The van der Waals surface area contributed by atoms with E-state index in [0.29, 0.717) is 17.9 Å². The first-order valence-corrected chi connectivity index (χ1v) is 10.6. The molecule has 158 valence electrons. The normalized spacial score (nSPS) is 18.4. The Labute approximate surface area is 181 Å². The second-order valence-electron chi connectivity index (χ2n) is 7.80. The number of nitrogens with zero attached hydrogens (tertiary/aromatic N) is 3. The summed E-state index contributed by atoms with van der Waals surface area (Å²) >= 11 is 0. The fraction of sp³-hybridized carbons (Fsp3) is 0.333. The summed E-state index contributed by atoms with van der Waals surface area (Å²) in [6, 6.07) is 12.0. The van der Waals surface area contributed by atoms with E-state index >= 15 is 0 Å². The second-order valence-corrected chi connectivity index (χ2v) is 7.80. The van der Waals surface area contributed by atoms with Crippen LogP contribution in [-0.2, 0) is 4.74 Å². The molecule has 2 aromatic heterocycles. The van der Waals surface area contributed by atoms with Crippen LogP contribution >= 0.6 is 0 Å². The third-order valence-electron chi connectivity index (χ3n) is 5.69. The maximum Gasteiger partial charge on any atom is 0.341 e. The van der Waals surface area contributed by atoms with Gasteiger partial charge >= 0.3 is 5.97 Å². The number of aromatic nitrogens is 2. The minimum Gasteiger partial charge on any atom is -0.462 e. The lowest BCUT2D eigenvalue weighted by atomic mass is 9.91. The molecule has 0 spiro atoms. The van der Waals surface area contributed by atoms with Gasteiger partial charge in [0.05, 0.1) is 17.8 Å². The summed E-state index contributed by atoms with van der Waals surface area (Å²) in [4.78, 5) is 21.3. The quantitative estimate of drug-likeness (QED) is 0.605. The summed E-state index contributed by atoms with van der Waals surface area (Å²) < 4.78 is 5.28. The molecule has 0 bridgehead atoms.